The molecule has 0 unspecified atom stereocenters. The molecule has 1 saturated heterocycles. The van der Waals surface area contributed by atoms with E-state index in [0.717, 1.165) is 18.4 Å². The van der Waals surface area contributed by atoms with Gasteiger partial charge in [-0.3, -0.25) is 4.79 Å². The predicted octanol–water partition coefficient (Wildman–Crippen LogP) is 4.28. The monoisotopic (exact) mass is 447 g/mol. The van der Waals surface area contributed by atoms with Crippen LogP contribution in [0.4, 0.5) is 13.6 Å². The van der Waals surface area contributed by atoms with Gasteiger partial charge in [0.1, 0.15) is 29.7 Å². The predicted molar refractivity (Wildman–Crippen MR) is 115 cm³/mol. The summed E-state index contributed by atoms with van der Waals surface area (Å²) in [4.78, 5) is 27.6. The molecule has 1 N–H and O–H groups in total. The van der Waals surface area contributed by atoms with E-state index in [1.165, 1.54) is 17.0 Å². The zero-order valence-corrected chi connectivity index (χ0v) is 18.9. The molecule has 3 rings (SSSR count). The topological polar surface area (TPSA) is 82.4 Å². The van der Waals surface area contributed by atoms with E-state index in [9.17, 15) is 23.6 Å². The van der Waals surface area contributed by atoms with Crippen molar-refractivity contribution in [3.63, 3.8) is 0 Å². The van der Waals surface area contributed by atoms with Crippen molar-refractivity contribution in [2.45, 2.75) is 83.2 Å². The van der Waals surface area contributed by atoms with Crippen LogP contribution in [0.1, 0.15) is 58.4 Å². The highest BCUT2D eigenvalue weighted by Gasteiger charge is 2.50. The van der Waals surface area contributed by atoms with Crippen LogP contribution in [0.3, 0.4) is 0 Å². The summed E-state index contributed by atoms with van der Waals surface area (Å²) in [5.74, 6) is -0.816. The van der Waals surface area contributed by atoms with E-state index >= 15 is 0 Å². The number of nitrogens with zero attached hydrogens (tertiary/aromatic N) is 2. The molecular formula is C24H31F2N3O3. The number of amides is 2. The Hall–Kier alpha value is -2.69. The number of carbonyl (C=O) groups is 2. The molecule has 2 aliphatic rings. The number of alkyl carbamates (subject to hydrolysis) is 1. The second kappa shape index (κ2) is 9.43. The molecule has 1 aromatic rings. The van der Waals surface area contributed by atoms with Gasteiger partial charge in [0.05, 0.1) is 12.6 Å². The molecule has 32 heavy (non-hydrogen) atoms. The first kappa shape index (κ1) is 24.0. The van der Waals surface area contributed by atoms with E-state index in [2.05, 4.69) is 5.32 Å². The van der Waals surface area contributed by atoms with Crippen molar-refractivity contribution in [2.75, 3.05) is 6.54 Å². The molecule has 0 aromatic heterocycles. The molecule has 1 saturated carbocycles. The highest BCUT2D eigenvalue weighted by Crippen LogP contribution is 2.45. The third-order valence-corrected chi connectivity index (χ3v) is 6.27. The highest BCUT2D eigenvalue weighted by atomic mass is 19.1. The lowest BCUT2D eigenvalue weighted by Crippen LogP contribution is -2.58. The maximum Gasteiger partial charge on any atom is 0.408 e. The summed E-state index contributed by atoms with van der Waals surface area (Å²) in [6.45, 7) is 5.02. The average Bonchev–Trinajstić information content (AvgIpc) is 3.33. The fourth-order valence-corrected chi connectivity index (χ4v) is 4.87. The number of halogens is 2. The number of alkyl halides is 1. The Balaban J connectivity index is 1.95. The van der Waals surface area contributed by atoms with Crippen molar-refractivity contribution < 1.29 is 23.1 Å². The van der Waals surface area contributed by atoms with Crippen LogP contribution in [-0.2, 0) is 16.0 Å². The summed E-state index contributed by atoms with van der Waals surface area (Å²) in [5.41, 5.74) is -0.552. The van der Waals surface area contributed by atoms with Crippen LogP contribution in [0.25, 0.3) is 0 Å². The van der Waals surface area contributed by atoms with Gasteiger partial charge in [-0.1, -0.05) is 25.0 Å². The number of nitriles is 1. The minimum absolute atomic E-state index is 0.0354. The van der Waals surface area contributed by atoms with E-state index in [-0.39, 0.29) is 18.8 Å². The number of benzene rings is 1. The molecular weight excluding hydrogens is 416 g/mol. The number of ether oxygens (including phenoxy) is 1. The number of nitrogens with one attached hydrogen (secondary N) is 1. The SMILES string of the molecule is CC(C)(C)OC(=O)N[C@H](C(=O)N1C[C@@H](F)C[C@H]1C#N)C1(Cc2ccc(F)cc2)CCCC1. The van der Waals surface area contributed by atoms with Gasteiger partial charge in [0, 0.05) is 11.8 Å². The first-order valence-corrected chi connectivity index (χ1v) is 11.1. The number of hydrogen-bond donors (Lipinski definition) is 1. The van der Waals surface area contributed by atoms with Crippen molar-refractivity contribution in [1.29, 1.82) is 5.26 Å². The van der Waals surface area contributed by atoms with E-state index in [4.69, 9.17) is 4.74 Å². The Bertz CT molecular complexity index is 870. The van der Waals surface area contributed by atoms with Crippen LogP contribution in [0.2, 0.25) is 0 Å². The molecule has 2 fully saturated rings. The molecule has 0 bridgehead atoms. The molecule has 174 valence electrons. The van der Waals surface area contributed by atoms with Crippen LogP contribution < -0.4 is 5.32 Å². The number of hydrogen-bond acceptors (Lipinski definition) is 4. The Morgan fingerprint density at radius 3 is 2.47 bits per heavy atom. The fourth-order valence-electron chi connectivity index (χ4n) is 4.87. The zero-order chi connectivity index (χ0) is 23.5. The summed E-state index contributed by atoms with van der Waals surface area (Å²) in [7, 11) is 0. The lowest BCUT2D eigenvalue weighted by molar-refractivity contribution is -0.137. The van der Waals surface area contributed by atoms with Crippen molar-refractivity contribution in [3.05, 3.63) is 35.6 Å². The van der Waals surface area contributed by atoms with E-state index in [1.807, 2.05) is 6.07 Å². The standard InChI is InChI=1S/C24H31F2N3O3/c1-23(2,3)32-22(31)28-20(21(30)29-15-18(26)12-19(29)14-27)24(10-4-5-11-24)13-16-6-8-17(25)9-7-16/h6-9,18-20H,4-5,10-13,15H2,1-3H3,(H,28,31)/t18-,19-,20+/m0/s1. The Kier molecular flexibility index (Phi) is 7.06. The zero-order valence-electron chi connectivity index (χ0n) is 18.9. The number of carbonyl (C=O) groups excluding carboxylic acids is 2. The van der Waals surface area contributed by atoms with Crippen LogP contribution in [0, 0.1) is 22.6 Å². The van der Waals surface area contributed by atoms with Crippen LogP contribution in [-0.4, -0.2) is 47.3 Å². The summed E-state index contributed by atoms with van der Waals surface area (Å²) in [6, 6.07) is 6.25. The molecule has 0 spiro atoms. The lowest BCUT2D eigenvalue weighted by Gasteiger charge is -2.40. The second-order valence-corrected chi connectivity index (χ2v) is 9.92. The third kappa shape index (κ3) is 5.56. The van der Waals surface area contributed by atoms with Crippen LogP contribution in [0.15, 0.2) is 24.3 Å². The van der Waals surface area contributed by atoms with E-state index < -0.39 is 41.3 Å². The Morgan fingerprint density at radius 2 is 1.91 bits per heavy atom. The maximum atomic E-state index is 14.1. The quantitative estimate of drug-likeness (QED) is 0.730. The minimum atomic E-state index is -1.28. The second-order valence-electron chi connectivity index (χ2n) is 9.92. The van der Waals surface area contributed by atoms with Gasteiger partial charge in [0.15, 0.2) is 0 Å². The smallest absolute Gasteiger partial charge is 0.408 e. The van der Waals surface area contributed by atoms with Crippen molar-refractivity contribution in [1.82, 2.24) is 10.2 Å². The lowest BCUT2D eigenvalue weighted by atomic mass is 9.73. The largest absolute Gasteiger partial charge is 0.444 e. The van der Waals surface area contributed by atoms with E-state index in [0.29, 0.717) is 19.3 Å². The first-order chi connectivity index (χ1) is 15.0. The normalized spacial score (nSPS) is 23.4. The molecule has 3 atom stereocenters. The molecule has 1 aliphatic heterocycles. The molecule has 1 aromatic carbocycles. The van der Waals surface area contributed by atoms with Crippen molar-refractivity contribution >= 4 is 12.0 Å². The van der Waals surface area contributed by atoms with Crippen LogP contribution in [0.5, 0.6) is 0 Å². The summed E-state index contributed by atoms with van der Waals surface area (Å²) in [5, 5.41) is 12.2. The van der Waals surface area contributed by atoms with Crippen molar-refractivity contribution in [2.24, 2.45) is 5.41 Å². The molecule has 2 amide bonds. The van der Waals surface area contributed by atoms with Gasteiger partial charge in [-0.05, 0) is 57.7 Å². The number of likely N-dealkylation sites (tertiary alicyclic amines) is 1. The fraction of sp³-hybridized carbons (Fsp3) is 0.625. The third-order valence-electron chi connectivity index (χ3n) is 6.27. The maximum absolute atomic E-state index is 14.1. The minimum Gasteiger partial charge on any atom is -0.444 e. The summed E-state index contributed by atoms with van der Waals surface area (Å²) >= 11 is 0. The van der Waals surface area contributed by atoms with Gasteiger partial charge in [-0.15, -0.1) is 0 Å². The Morgan fingerprint density at radius 1 is 1.28 bits per heavy atom. The summed E-state index contributed by atoms with van der Waals surface area (Å²) < 4.78 is 32.9. The number of rotatable bonds is 5. The average molecular weight is 448 g/mol. The van der Waals surface area contributed by atoms with Gasteiger partial charge in [0.25, 0.3) is 0 Å². The summed E-state index contributed by atoms with van der Waals surface area (Å²) in [6.07, 6.45) is 1.48. The highest BCUT2D eigenvalue weighted by molar-refractivity contribution is 5.87. The van der Waals surface area contributed by atoms with Gasteiger partial charge < -0.3 is 15.0 Å². The molecule has 1 heterocycles. The van der Waals surface area contributed by atoms with Gasteiger partial charge in [-0.25, -0.2) is 13.6 Å². The molecule has 0 radical (unpaired) electrons. The van der Waals surface area contributed by atoms with Gasteiger partial charge >= 0.3 is 6.09 Å². The first-order valence-electron chi connectivity index (χ1n) is 11.1. The van der Waals surface area contributed by atoms with E-state index in [1.54, 1.807) is 32.9 Å². The van der Waals surface area contributed by atoms with Gasteiger partial charge in [0.2, 0.25) is 5.91 Å². The Labute approximate surface area is 187 Å². The molecule has 1 aliphatic carbocycles. The van der Waals surface area contributed by atoms with Gasteiger partial charge in [-0.2, -0.15) is 5.26 Å². The van der Waals surface area contributed by atoms with Crippen molar-refractivity contribution in [3.8, 4) is 6.07 Å². The molecule has 8 heteroatoms. The van der Waals surface area contributed by atoms with Crippen LogP contribution >= 0.6 is 0 Å². The molecule has 6 nitrogen and oxygen atoms in total.